The van der Waals surface area contributed by atoms with Gasteiger partial charge in [-0.05, 0) is 112 Å². The smallest absolute Gasteiger partial charge is 0.0495 e. The Bertz CT molecular complexity index is 2640. The molecule has 56 heavy (non-hydrogen) atoms. The van der Waals surface area contributed by atoms with Crippen LogP contribution in [0.5, 0.6) is 0 Å². The average Bonchev–Trinajstić information content (AvgIpc) is 3.53. The second-order valence-electron chi connectivity index (χ2n) is 13.7. The Balaban J connectivity index is 0.000000744. The van der Waals surface area contributed by atoms with Gasteiger partial charge in [-0.3, -0.25) is 0 Å². The lowest BCUT2D eigenvalue weighted by Crippen LogP contribution is -2.09. The minimum absolute atomic E-state index is 1.10. The summed E-state index contributed by atoms with van der Waals surface area (Å²) in [6.07, 6.45) is 11.1. The molecule has 2 nitrogen and oxygen atoms in total. The summed E-state index contributed by atoms with van der Waals surface area (Å²) >= 11 is 0. The van der Waals surface area contributed by atoms with Crippen LogP contribution < -0.4 is 4.90 Å². The number of allylic oxidation sites excluding steroid dienone is 4. The Morgan fingerprint density at radius 1 is 0.589 bits per heavy atom. The summed E-state index contributed by atoms with van der Waals surface area (Å²) in [7, 11) is 2.14. The fourth-order valence-electron chi connectivity index (χ4n) is 7.48. The minimum atomic E-state index is 1.10. The third-order valence-electron chi connectivity index (χ3n) is 10.3. The number of aryl methyl sites for hydroxylation is 1. The molecule has 8 rings (SSSR count). The van der Waals surface area contributed by atoms with E-state index in [0.717, 1.165) is 29.2 Å². The van der Waals surface area contributed by atoms with Gasteiger partial charge in [0.1, 0.15) is 0 Å². The molecule has 8 aromatic rings. The van der Waals surface area contributed by atoms with Gasteiger partial charge in [-0.1, -0.05) is 166 Å². The van der Waals surface area contributed by atoms with Crippen molar-refractivity contribution in [3.8, 4) is 22.3 Å². The summed E-state index contributed by atoms with van der Waals surface area (Å²) in [6, 6.07) is 61.0. The van der Waals surface area contributed by atoms with E-state index >= 15 is 0 Å². The highest BCUT2D eigenvalue weighted by atomic mass is 15.1. The number of hydrogen-bond acceptors (Lipinski definition) is 1. The first-order chi connectivity index (χ1) is 27.5. The molecular weight excluding hydrogens is 677 g/mol. The van der Waals surface area contributed by atoms with Gasteiger partial charge < -0.3 is 9.47 Å². The summed E-state index contributed by atoms with van der Waals surface area (Å²) in [5, 5.41) is 3.73. The van der Waals surface area contributed by atoms with E-state index < -0.39 is 0 Å². The van der Waals surface area contributed by atoms with Crippen LogP contribution >= 0.6 is 0 Å². The number of anilines is 3. The van der Waals surface area contributed by atoms with Crippen LogP contribution in [0.2, 0.25) is 0 Å². The fraction of sp³-hybridized carbons (Fsp3) is 0.0741. The first-order valence-electron chi connectivity index (χ1n) is 19.3. The molecule has 0 aliphatic heterocycles. The number of benzene rings is 7. The Morgan fingerprint density at radius 2 is 1.14 bits per heavy atom. The van der Waals surface area contributed by atoms with Gasteiger partial charge >= 0.3 is 0 Å². The second kappa shape index (κ2) is 17.5. The van der Waals surface area contributed by atoms with E-state index in [1.54, 1.807) is 6.08 Å². The zero-order chi connectivity index (χ0) is 38.9. The molecule has 0 aliphatic carbocycles. The molecule has 1 heterocycles. The van der Waals surface area contributed by atoms with Gasteiger partial charge in [0.15, 0.2) is 0 Å². The molecule has 0 fully saturated rings. The maximum atomic E-state index is 4.21. The molecular formula is C54H48N2. The van der Waals surface area contributed by atoms with Crippen molar-refractivity contribution >= 4 is 50.4 Å². The Kier molecular flexibility index (Phi) is 11.7. The lowest BCUT2D eigenvalue weighted by molar-refractivity contribution is 0.953. The number of fused-ring (bicyclic) bond motifs is 2. The Morgan fingerprint density at radius 3 is 1.75 bits per heavy atom. The second-order valence-corrected chi connectivity index (χ2v) is 13.7. The number of aromatic nitrogens is 1. The van der Waals surface area contributed by atoms with Crippen molar-refractivity contribution < 1.29 is 0 Å². The number of nitrogens with zero attached hydrogens (tertiary/aromatic N) is 2. The third-order valence-corrected chi connectivity index (χ3v) is 10.3. The quantitative estimate of drug-likeness (QED) is 0.128. The Hall–Kier alpha value is -6.90. The number of rotatable bonds is 10. The molecule has 0 atom stereocenters. The largest absolute Gasteiger partial charge is 0.344 e. The topological polar surface area (TPSA) is 8.17 Å². The van der Waals surface area contributed by atoms with Crippen molar-refractivity contribution in [2.75, 3.05) is 4.90 Å². The predicted octanol–water partition coefficient (Wildman–Crippen LogP) is 15.4. The van der Waals surface area contributed by atoms with Gasteiger partial charge in [-0.2, -0.15) is 0 Å². The van der Waals surface area contributed by atoms with Crippen LogP contribution in [0.1, 0.15) is 37.1 Å². The van der Waals surface area contributed by atoms with E-state index in [1.165, 1.54) is 60.6 Å². The third kappa shape index (κ3) is 7.83. The summed E-state index contributed by atoms with van der Waals surface area (Å²) in [5.41, 5.74) is 14.1. The van der Waals surface area contributed by atoms with Gasteiger partial charge in [-0.25, -0.2) is 0 Å². The molecule has 0 unspecified atom stereocenters. The molecule has 0 N–H and O–H groups in total. The predicted molar refractivity (Wildman–Crippen MR) is 245 cm³/mol. The van der Waals surface area contributed by atoms with Gasteiger partial charge in [-0.15, -0.1) is 0 Å². The summed E-state index contributed by atoms with van der Waals surface area (Å²) < 4.78 is 2.26. The number of para-hydroxylation sites is 1. The molecule has 0 amide bonds. The van der Waals surface area contributed by atoms with Crippen molar-refractivity contribution in [2.45, 2.75) is 20.3 Å². The van der Waals surface area contributed by atoms with E-state index in [2.05, 4.69) is 226 Å². The maximum absolute atomic E-state index is 4.21. The van der Waals surface area contributed by atoms with Crippen molar-refractivity contribution in [3.63, 3.8) is 0 Å². The highest BCUT2D eigenvalue weighted by molar-refractivity contribution is 6.06. The van der Waals surface area contributed by atoms with Crippen molar-refractivity contribution in [3.05, 3.63) is 224 Å². The van der Waals surface area contributed by atoms with Gasteiger partial charge in [0.05, 0.1) is 0 Å². The van der Waals surface area contributed by atoms with Crippen LogP contribution in [0, 0.1) is 0 Å². The monoisotopic (exact) mass is 724 g/mol. The van der Waals surface area contributed by atoms with Crippen LogP contribution in [0.4, 0.5) is 17.1 Å². The van der Waals surface area contributed by atoms with E-state index in [9.17, 15) is 0 Å². The van der Waals surface area contributed by atoms with Gasteiger partial charge in [0.25, 0.3) is 0 Å². The maximum Gasteiger partial charge on any atom is 0.0495 e. The standard InChI is InChI=1S/C48H38N2.C6H10/c1-4-44(48-45-32-39-17-12-13-18-40(39)33-47(45)49(3)46(48)5-2)37-25-23-35(24-26-37)36-27-29-42(30-28-36)50(41-20-10-7-11-21-41)43-22-14-19-38(31-43)34-15-8-6-9-16-34;1-3-5-6-4-2/h4-33H,2H2,1,3H3;3,5-6H,1,4H2,2H3/b44-4-;6-5-. The molecule has 7 aromatic carbocycles. The van der Waals surface area contributed by atoms with E-state index in [1.807, 2.05) is 12.2 Å². The van der Waals surface area contributed by atoms with Crippen molar-refractivity contribution in [2.24, 2.45) is 7.05 Å². The van der Waals surface area contributed by atoms with E-state index in [4.69, 9.17) is 0 Å². The SMILES string of the molecule is C=C/C=C\CC.C=Cc1c(/C(=C\C)c2ccc(-c3ccc(N(c4ccccc4)c4cccc(-c5ccccc5)c4)cc3)cc2)c2cc3ccccc3cc2n1C. The minimum Gasteiger partial charge on any atom is -0.344 e. The molecule has 0 bridgehead atoms. The van der Waals surface area contributed by atoms with Crippen molar-refractivity contribution in [1.82, 2.24) is 4.57 Å². The first-order valence-corrected chi connectivity index (χ1v) is 19.3. The van der Waals surface area contributed by atoms with Crippen LogP contribution in [0.15, 0.2) is 207 Å². The average molecular weight is 725 g/mol. The highest BCUT2D eigenvalue weighted by Crippen LogP contribution is 2.40. The van der Waals surface area contributed by atoms with E-state index in [0.29, 0.717) is 0 Å². The van der Waals surface area contributed by atoms with Crippen LogP contribution in [0.3, 0.4) is 0 Å². The molecule has 0 spiro atoms. The van der Waals surface area contributed by atoms with Gasteiger partial charge in [0.2, 0.25) is 0 Å². The normalized spacial score (nSPS) is 11.4. The van der Waals surface area contributed by atoms with Crippen molar-refractivity contribution in [1.29, 1.82) is 0 Å². The summed E-state index contributed by atoms with van der Waals surface area (Å²) in [5.74, 6) is 0. The lowest BCUT2D eigenvalue weighted by Gasteiger charge is -2.26. The fourth-order valence-corrected chi connectivity index (χ4v) is 7.48. The molecule has 1 aromatic heterocycles. The molecule has 0 aliphatic rings. The zero-order valence-corrected chi connectivity index (χ0v) is 32.6. The van der Waals surface area contributed by atoms with E-state index in [-0.39, 0.29) is 0 Å². The van der Waals surface area contributed by atoms with Crippen LogP contribution in [-0.4, -0.2) is 4.57 Å². The molecule has 2 heteroatoms. The molecule has 0 saturated heterocycles. The first kappa shape index (κ1) is 37.4. The molecule has 274 valence electrons. The summed E-state index contributed by atoms with van der Waals surface area (Å²) in [6.45, 7) is 11.9. The molecule has 0 radical (unpaired) electrons. The number of hydrogen-bond donors (Lipinski definition) is 0. The summed E-state index contributed by atoms with van der Waals surface area (Å²) in [4.78, 5) is 2.32. The Labute approximate surface area is 332 Å². The van der Waals surface area contributed by atoms with Gasteiger partial charge in [0, 0.05) is 46.3 Å². The highest BCUT2D eigenvalue weighted by Gasteiger charge is 2.19. The van der Waals surface area contributed by atoms with Crippen LogP contribution in [0.25, 0.3) is 55.6 Å². The van der Waals surface area contributed by atoms with Crippen LogP contribution in [-0.2, 0) is 7.05 Å². The molecule has 0 saturated carbocycles. The zero-order valence-electron chi connectivity index (χ0n) is 32.6. The lowest BCUT2D eigenvalue weighted by atomic mass is 9.92.